The lowest BCUT2D eigenvalue weighted by Crippen LogP contribution is -2.37. The molecule has 0 fully saturated rings. The van der Waals surface area contributed by atoms with Crippen molar-refractivity contribution < 1.29 is 28.9 Å². The predicted molar refractivity (Wildman–Crippen MR) is 126 cm³/mol. The molecular weight excluding hydrogens is 428 g/mol. The van der Waals surface area contributed by atoms with Crippen molar-refractivity contribution in [3.8, 4) is 11.1 Å². The summed E-state index contributed by atoms with van der Waals surface area (Å²) in [5.41, 5.74) is 4.64. The summed E-state index contributed by atoms with van der Waals surface area (Å²) in [5, 5.41) is 18.5. The molecule has 0 atom stereocenters. The Balaban J connectivity index is 1.41. The van der Waals surface area contributed by atoms with E-state index in [1.165, 1.54) is 0 Å². The van der Waals surface area contributed by atoms with Crippen molar-refractivity contribution in [2.75, 3.05) is 0 Å². The average Bonchev–Trinajstić information content (AvgIpc) is 2.89. The molecule has 0 saturated carbocycles. The molecule has 2 aromatic heterocycles. The first-order valence-corrected chi connectivity index (χ1v) is 11.0. The van der Waals surface area contributed by atoms with Gasteiger partial charge in [0.1, 0.15) is 0 Å². The van der Waals surface area contributed by atoms with E-state index >= 15 is 0 Å². The predicted octanol–water partition coefficient (Wildman–Crippen LogP) is 2.68. The van der Waals surface area contributed by atoms with E-state index in [0.717, 1.165) is 22.3 Å². The molecule has 0 unspecified atom stereocenters. The minimum Gasteiger partial charge on any atom is -0.391 e. The number of aliphatic hydroxyl groups is 2. The molecule has 6 nitrogen and oxygen atoms in total. The van der Waals surface area contributed by atoms with Gasteiger partial charge in [-0.15, -0.1) is 0 Å². The van der Waals surface area contributed by atoms with Gasteiger partial charge >= 0.3 is 0 Å². The third-order valence-corrected chi connectivity index (χ3v) is 5.60. The Morgan fingerprint density at radius 3 is 1.32 bits per heavy atom. The van der Waals surface area contributed by atoms with Gasteiger partial charge in [0, 0.05) is 34.4 Å². The fourth-order valence-corrected chi connectivity index (χ4v) is 3.75. The highest BCUT2D eigenvalue weighted by Crippen LogP contribution is 2.21. The van der Waals surface area contributed by atoms with Crippen LogP contribution in [-0.4, -0.2) is 21.8 Å². The maximum atomic E-state index is 12.6. The molecule has 0 saturated heterocycles. The zero-order valence-electron chi connectivity index (χ0n) is 18.7. The maximum Gasteiger partial charge on any atom is 0.227 e. The van der Waals surface area contributed by atoms with E-state index in [2.05, 4.69) is 0 Å². The number of pyridine rings is 2. The van der Waals surface area contributed by atoms with Gasteiger partial charge in [-0.05, 0) is 23.3 Å². The van der Waals surface area contributed by atoms with Gasteiger partial charge in [0.25, 0.3) is 0 Å². The van der Waals surface area contributed by atoms with Crippen LogP contribution < -0.4 is 9.13 Å². The van der Waals surface area contributed by atoms with E-state index in [-0.39, 0.29) is 37.9 Å². The number of ketones is 2. The highest BCUT2D eigenvalue weighted by molar-refractivity contribution is 5.96. The molecule has 0 bridgehead atoms. The molecule has 4 aromatic rings. The standard InChI is InChI=1S/C28H26N2O4/c31-19-21-3-1-13-29(15-21)17-27(33)25-9-5-23(6-10-25)24-7-11-26(12-8-24)28(34)18-30-14-2-4-22(16-30)20-32/h1-16,31-32H,17-20H2/q+2. The highest BCUT2D eigenvalue weighted by atomic mass is 16.3. The lowest BCUT2D eigenvalue weighted by molar-refractivity contribution is -0.683. The van der Waals surface area contributed by atoms with Crippen molar-refractivity contribution in [2.45, 2.75) is 26.3 Å². The lowest BCUT2D eigenvalue weighted by atomic mass is 10.00. The second-order valence-electron chi connectivity index (χ2n) is 8.09. The Morgan fingerprint density at radius 1 is 0.588 bits per heavy atom. The van der Waals surface area contributed by atoms with Gasteiger partial charge in [-0.2, -0.15) is 9.13 Å². The molecule has 4 rings (SSSR count). The van der Waals surface area contributed by atoms with Crippen LogP contribution in [0.25, 0.3) is 11.1 Å². The van der Waals surface area contributed by atoms with Crippen molar-refractivity contribution >= 4 is 11.6 Å². The van der Waals surface area contributed by atoms with E-state index in [1.54, 1.807) is 70.3 Å². The van der Waals surface area contributed by atoms with E-state index in [1.807, 2.05) is 36.4 Å². The number of carbonyl (C=O) groups excluding carboxylic acids is 2. The first-order chi connectivity index (χ1) is 16.6. The number of benzene rings is 2. The molecule has 170 valence electrons. The first kappa shape index (κ1) is 23.2. The number of hydrogen-bond acceptors (Lipinski definition) is 4. The van der Waals surface area contributed by atoms with E-state index < -0.39 is 0 Å². The van der Waals surface area contributed by atoms with Crippen molar-refractivity contribution in [3.05, 3.63) is 120 Å². The van der Waals surface area contributed by atoms with Crippen molar-refractivity contribution in [1.82, 2.24) is 0 Å². The summed E-state index contributed by atoms with van der Waals surface area (Å²) in [7, 11) is 0. The zero-order chi connectivity index (χ0) is 23.9. The van der Waals surface area contributed by atoms with Crippen LogP contribution in [0.3, 0.4) is 0 Å². The Hall–Kier alpha value is -4.00. The van der Waals surface area contributed by atoms with Crippen LogP contribution in [0.4, 0.5) is 0 Å². The zero-order valence-corrected chi connectivity index (χ0v) is 18.7. The molecule has 34 heavy (non-hydrogen) atoms. The molecule has 0 radical (unpaired) electrons. The average molecular weight is 455 g/mol. The number of aromatic nitrogens is 2. The van der Waals surface area contributed by atoms with E-state index in [9.17, 15) is 19.8 Å². The molecule has 2 heterocycles. The summed E-state index contributed by atoms with van der Waals surface area (Å²) in [6, 6.07) is 22.0. The van der Waals surface area contributed by atoms with Crippen LogP contribution in [0.2, 0.25) is 0 Å². The fraction of sp³-hybridized carbons (Fsp3) is 0.143. The minimum atomic E-state index is -0.0656. The number of hydrogen-bond donors (Lipinski definition) is 2. The van der Waals surface area contributed by atoms with Gasteiger partial charge in [-0.1, -0.05) is 48.5 Å². The molecule has 2 aromatic carbocycles. The summed E-state index contributed by atoms with van der Waals surface area (Å²) < 4.78 is 3.52. The number of Topliss-reactive ketones (excluding diaryl/α,β-unsaturated/α-hetero) is 2. The smallest absolute Gasteiger partial charge is 0.227 e. The topological polar surface area (TPSA) is 82.4 Å². The number of rotatable bonds is 9. The van der Waals surface area contributed by atoms with Crippen LogP contribution in [0, 0.1) is 0 Å². The molecule has 6 heteroatoms. The third kappa shape index (κ3) is 5.67. The van der Waals surface area contributed by atoms with E-state index in [4.69, 9.17) is 0 Å². The number of aliphatic hydroxyl groups excluding tert-OH is 2. The lowest BCUT2D eigenvalue weighted by Gasteiger charge is -2.05. The summed E-state index contributed by atoms with van der Waals surface area (Å²) >= 11 is 0. The molecule has 0 spiro atoms. The number of carbonyl (C=O) groups is 2. The largest absolute Gasteiger partial charge is 0.391 e. The van der Waals surface area contributed by atoms with Gasteiger partial charge in [-0.3, -0.25) is 9.59 Å². The second-order valence-corrected chi connectivity index (χ2v) is 8.09. The van der Waals surface area contributed by atoms with Crippen molar-refractivity contribution in [2.24, 2.45) is 0 Å². The van der Waals surface area contributed by atoms with Gasteiger partial charge in [-0.25, -0.2) is 0 Å². The second kappa shape index (κ2) is 10.7. The third-order valence-electron chi connectivity index (χ3n) is 5.60. The monoisotopic (exact) mass is 454 g/mol. The van der Waals surface area contributed by atoms with Crippen LogP contribution in [-0.2, 0) is 26.3 Å². The van der Waals surface area contributed by atoms with Crippen molar-refractivity contribution in [1.29, 1.82) is 0 Å². The first-order valence-electron chi connectivity index (χ1n) is 11.0. The Kier molecular flexibility index (Phi) is 7.32. The molecule has 0 aliphatic carbocycles. The maximum absolute atomic E-state index is 12.6. The Bertz CT molecular complexity index is 1200. The van der Waals surface area contributed by atoms with Gasteiger partial charge in [0.2, 0.25) is 24.7 Å². The van der Waals surface area contributed by atoms with Crippen LogP contribution in [0.15, 0.2) is 97.6 Å². The van der Waals surface area contributed by atoms with Crippen LogP contribution in [0.1, 0.15) is 31.8 Å². The number of nitrogens with zero attached hydrogens (tertiary/aromatic N) is 2. The highest BCUT2D eigenvalue weighted by Gasteiger charge is 2.14. The summed E-state index contributed by atoms with van der Waals surface area (Å²) in [5.74, 6) is -0.0364. The minimum absolute atomic E-state index is 0.0182. The Labute approximate surface area is 198 Å². The van der Waals surface area contributed by atoms with E-state index in [0.29, 0.717) is 11.1 Å². The molecule has 2 N–H and O–H groups in total. The summed E-state index contributed by atoms with van der Waals surface area (Å²) in [6.07, 6.45) is 7.13. The molecule has 0 aliphatic rings. The van der Waals surface area contributed by atoms with Gasteiger partial charge in [0.05, 0.1) is 13.2 Å². The normalized spacial score (nSPS) is 10.8. The van der Waals surface area contributed by atoms with Gasteiger partial charge < -0.3 is 10.2 Å². The quantitative estimate of drug-likeness (QED) is 0.301. The van der Waals surface area contributed by atoms with Gasteiger partial charge in [0.15, 0.2) is 24.8 Å². The molecule has 0 aliphatic heterocycles. The Morgan fingerprint density at radius 2 is 0.971 bits per heavy atom. The van der Waals surface area contributed by atoms with Crippen molar-refractivity contribution in [3.63, 3.8) is 0 Å². The summed E-state index contributed by atoms with van der Waals surface area (Å²) in [4.78, 5) is 25.3. The fourth-order valence-electron chi connectivity index (χ4n) is 3.75. The molecular formula is C28H26N2O4+2. The molecule has 0 amide bonds. The SMILES string of the molecule is O=C(C[n+]1cccc(CO)c1)c1ccc(-c2ccc(C(=O)C[n+]3cccc(CO)c3)cc2)cc1. The summed E-state index contributed by atoms with van der Waals surface area (Å²) in [6.45, 7) is 0.264. The van der Waals surface area contributed by atoms with Crippen LogP contribution >= 0.6 is 0 Å². The van der Waals surface area contributed by atoms with Crippen LogP contribution in [0.5, 0.6) is 0 Å².